The van der Waals surface area contributed by atoms with Gasteiger partial charge in [0.1, 0.15) is 17.1 Å². The molecule has 0 aromatic heterocycles. The molecule has 158 valence electrons. The highest BCUT2D eigenvalue weighted by Crippen LogP contribution is 2.25. The lowest BCUT2D eigenvalue weighted by Gasteiger charge is -2.16. The summed E-state index contributed by atoms with van der Waals surface area (Å²) in [6.45, 7) is 0.911. The average molecular weight is 417 g/mol. The molecule has 31 heavy (non-hydrogen) atoms. The van der Waals surface area contributed by atoms with Crippen LogP contribution in [0, 0.1) is 0 Å². The summed E-state index contributed by atoms with van der Waals surface area (Å²) in [6, 6.07) is 24.3. The largest absolute Gasteiger partial charge is 0.456 e. The third kappa shape index (κ3) is 6.54. The Morgan fingerprint density at radius 1 is 0.839 bits per heavy atom. The Balaban J connectivity index is 1.58. The van der Waals surface area contributed by atoms with Crippen molar-refractivity contribution < 1.29 is 23.9 Å². The first-order valence-corrected chi connectivity index (χ1v) is 9.85. The Morgan fingerprint density at radius 3 is 2.13 bits per heavy atom. The summed E-state index contributed by atoms with van der Waals surface area (Å²) >= 11 is 0. The van der Waals surface area contributed by atoms with Crippen LogP contribution < -0.4 is 10.1 Å². The molecule has 0 unspecified atom stereocenters. The molecule has 3 aromatic carbocycles. The maximum Gasteiger partial charge on any atom is 0.342 e. The first kappa shape index (κ1) is 21.8. The van der Waals surface area contributed by atoms with Crippen LogP contribution in [0.5, 0.6) is 11.5 Å². The Kier molecular flexibility index (Phi) is 7.54. The number of Topliss-reactive ketones (excluding diaryl/α,β-unsaturated/α-hetero) is 1. The minimum atomic E-state index is -0.692. The van der Waals surface area contributed by atoms with Gasteiger partial charge in [-0.05, 0) is 43.2 Å². The molecule has 1 N–H and O–H groups in total. The highest BCUT2D eigenvalue weighted by Gasteiger charge is 2.20. The van der Waals surface area contributed by atoms with Crippen LogP contribution in [0.25, 0.3) is 0 Å². The van der Waals surface area contributed by atoms with E-state index in [2.05, 4.69) is 5.32 Å². The molecule has 0 spiro atoms. The van der Waals surface area contributed by atoms with Gasteiger partial charge in [0.15, 0.2) is 12.4 Å². The summed E-state index contributed by atoms with van der Waals surface area (Å²) in [5.74, 6) is -0.518. The number of amides is 1. The van der Waals surface area contributed by atoms with Gasteiger partial charge in [-0.2, -0.15) is 0 Å². The fourth-order valence-electron chi connectivity index (χ4n) is 2.93. The second-order valence-electron chi connectivity index (χ2n) is 6.91. The van der Waals surface area contributed by atoms with Crippen molar-refractivity contribution in [2.75, 3.05) is 6.61 Å². The molecule has 3 rings (SSSR count). The van der Waals surface area contributed by atoms with Gasteiger partial charge in [-0.1, -0.05) is 60.7 Å². The summed E-state index contributed by atoms with van der Waals surface area (Å²) in [7, 11) is 0. The van der Waals surface area contributed by atoms with E-state index in [1.165, 1.54) is 6.92 Å². The number of benzene rings is 3. The summed E-state index contributed by atoms with van der Waals surface area (Å²) in [5.41, 5.74) is 1.12. The third-order valence-electron chi connectivity index (χ3n) is 4.52. The van der Waals surface area contributed by atoms with Crippen molar-refractivity contribution in [3.63, 3.8) is 0 Å². The highest BCUT2D eigenvalue weighted by molar-refractivity contribution is 5.94. The number of nitrogens with one attached hydrogen (secondary N) is 1. The molecule has 0 fully saturated rings. The number of esters is 1. The van der Waals surface area contributed by atoms with Gasteiger partial charge >= 0.3 is 5.97 Å². The molecule has 0 heterocycles. The maximum atomic E-state index is 12.5. The molecule has 0 aliphatic heterocycles. The van der Waals surface area contributed by atoms with Gasteiger partial charge < -0.3 is 14.8 Å². The predicted molar refractivity (Wildman–Crippen MR) is 116 cm³/mol. The summed E-state index contributed by atoms with van der Waals surface area (Å²) < 4.78 is 10.9. The Bertz CT molecular complexity index is 1030. The molecular formula is C25H23NO5. The van der Waals surface area contributed by atoms with Gasteiger partial charge in [-0.15, -0.1) is 0 Å². The monoisotopic (exact) mass is 417 g/mol. The van der Waals surface area contributed by atoms with Gasteiger partial charge in [-0.25, -0.2) is 4.79 Å². The van der Waals surface area contributed by atoms with Gasteiger partial charge in [-0.3, -0.25) is 9.59 Å². The van der Waals surface area contributed by atoms with Gasteiger partial charge in [0, 0.05) is 0 Å². The number of rotatable bonds is 9. The standard InChI is InChI=1S/C25H23NO5/c1-18(27)22(16-19-10-4-2-5-11-19)26-24(28)17-30-25(29)21-14-8-9-15-23(21)31-20-12-6-3-7-13-20/h2-15,22H,16-17H2,1H3,(H,26,28)/t22-/m1/s1. The van der Waals surface area contributed by atoms with Crippen molar-refractivity contribution in [3.8, 4) is 11.5 Å². The molecule has 0 radical (unpaired) electrons. The van der Waals surface area contributed by atoms with Gasteiger partial charge in [0.2, 0.25) is 0 Å². The van der Waals surface area contributed by atoms with E-state index in [9.17, 15) is 14.4 Å². The topological polar surface area (TPSA) is 81.7 Å². The Morgan fingerprint density at radius 2 is 1.45 bits per heavy atom. The maximum absolute atomic E-state index is 12.5. The number of para-hydroxylation sites is 2. The number of ether oxygens (including phenoxy) is 2. The quantitative estimate of drug-likeness (QED) is 0.533. The lowest BCUT2D eigenvalue weighted by molar-refractivity contribution is -0.128. The normalized spacial score (nSPS) is 11.3. The molecule has 1 atom stereocenters. The number of hydrogen-bond acceptors (Lipinski definition) is 5. The number of carbonyl (C=O) groups is 3. The molecule has 3 aromatic rings. The minimum absolute atomic E-state index is 0.176. The molecular weight excluding hydrogens is 394 g/mol. The fraction of sp³-hybridized carbons (Fsp3) is 0.160. The van der Waals surface area contributed by atoms with Gasteiger partial charge in [0.25, 0.3) is 5.91 Å². The van der Waals surface area contributed by atoms with Crippen molar-refractivity contribution in [2.24, 2.45) is 0 Å². The minimum Gasteiger partial charge on any atom is -0.456 e. The van der Waals surface area contributed by atoms with Crippen LogP contribution in [0.15, 0.2) is 84.9 Å². The Labute approximate surface area is 180 Å². The number of ketones is 1. The zero-order valence-corrected chi connectivity index (χ0v) is 17.1. The first-order valence-electron chi connectivity index (χ1n) is 9.85. The summed E-state index contributed by atoms with van der Waals surface area (Å²) in [5, 5.41) is 2.63. The van der Waals surface area contributed by atoms with Crippen molar-refractivity contribution in [1.29, 1.82) is 0 Å². The van der Waals surface area contributed by atoms with E-state index in [1.54, 1.807) is 36.4 Å². The predicted octanol–water partition coefficient (Wildman–Crippen LogP) is 3.95. The van der Waals surface area contributed by atoms with Crippen molar-refractivity contribution >= 4 is 17.7 Å². The summed E-state index contributed by atoms with van der Waals surface area (Å²) in [6.07, 6.45) is 0.365. The SMILES string of the molecule is CC(=O)[C@@H](Cc1ccccc1)NC(=O)COC(=O)c1ccccc1Oc1ccccc1. The van der Waals surface area contributed by atoms with E-state index in [-0.39, 0.29) is 11.3 Å². The zero-order valence-electron chi connectivity index (χ0n) is 17.1. The highest BCUT2D eigenvalue weighted by atomic mass is 16.5. The number of carbonyl (C=O) groups excluding carboxylic acids is 3. The van der Waals surface area contributed by atoms with Crippen LogP contribution in [-0.4, -0.2) is 30.3 Å². The van der Waals surface area contributed by atoms with Crippen LogP contribution in [0.3, 0.4) is 0 Å². The first-order chi connectivity index (χ1) is 15.0. The molecule has 6 nitrogen and oxygen atoms in total. The lowest BCUT2D eigenvalue weighted by Crippen LogP contribution is -2.43. The van der Waals surface area contributed by atoms with Crippen LogP contribution in [0.4, 0.5) is 0 Å². The second kappa shape index (κ2) is 10.7. The Hall–Kier alpha value is -3.93. The molecule has 0 aliphatic carbocycles. The molecule has 0 bridgehead atoms. The van der Waals surface area contributed by atoms with E-state index in [0.29, 0.717) is 17.9 Å². The smallest absolute Gasteiger partial charge is 0.342 e. The third-order valence-corrected chi connectivity index (χ3v) is 4.52. The second-order valence-corrected chi connectivity index (χ2v) is 6.91. The van der Waals surface area contributed by atoms with Crippen molar-refractivity contribution in [2.45, 2.75) is 19.4 Å². The molecule has 0 saturated carbocycles. The van der Waals surface area contributed by atoms with E-state index in [4.69, 9.17) is 9.47 Å². The zero-order chi connectivity index (χ0) is 22.1. The molecule has 0 aliphatic rings. The van der Waals surface area contributed by atoms with E-state index in [0.717, 1.165) is 5.56 Å². The lowest BCUT2D eigenvalue weighted by atomic mass is 10.0. The van der Waals surface area contributed by atoms with Crippen LogP contribution >= 0.6 is 0 Å². The van der Waals surface area contributed by atoms with Crippen molar-refractivity contribution in [1.82, 2.24) is 5.32 Å². The van der Waals surface area contributed by atoms with Crippen LogP contribution in [0.2, 0.25) is 0 Å². The summed E-state index contributed by atoms with van der Waals surface area (Å²) in [4.78, 5) is 36.7. The molecule has 6 heteroatoms. The van der Waals surface area contributed by atoms with Crippen molar-refractivity contribution in [3.05, 3.63) is 96.1 Å². The number of hydrogen-bond donors (Lipinski definition) is 1. The average Bonchev–Trinajstić information content (AvgIpc) is 2.79. The van der Waals surface area contributed by atoms with Crippen LogP contribution in [-0.2, 0) is 20.7 Å². The van der Waals surface area contributed by atoms with Gasteiger partial charge in [0.05, 0.1) is 6.04 Å². The van der Waals surface area contributed by atoms with E-state index in [1.807, 2.05) is 48.5 Å². The molecule has 1 amide bonds. The fourth-order valence-corrected chi connectivity index (χ4v) is 2.93. The van der Waals surface area contributed by atoms with Crippen LogP contribution in [0.1, 0.15) is 22.8 Å². The van der Waals surface area contributed by atoms with E-state index >= 15 is 0 Å². The van der Waals surface area contributed by atoms with E-state index < -0.39 is 24.5 Å². The molecule has 0 saturated heterocycles.